The van der Waals surface area contributed by atoms with Crippen LogP contribution in [0.5, 0.6) is 0 Å². The molecule has 2 amide bonds. The Labute approximate surface area is 194 Å². The van der Waals surface area contributed by atoms with Gasteiger partial charge in [-0.2, -0.15) is 13.2 Å². The van der Waals surface area contributed by atoms with E-state index in [4.69, 9.17) is 15.6 Å². The average Bonchev–Trinajstić information content (AvgIpc) is 3.18. The third kappa shape index (κ3) is 12.8. The zero-order chi connectivity index (χ0) is 26.6. The fraction of sp³-hybridized carbons (Fsp3) is 0.650. The van der Waals surface area contributed by atoms with Crippen LogP contribution < -0.4 is 16.4 Å². The van der Waals surface area contributed by atoms with Gasteiger partial charge in [-0.15, -0.1) is 0 Å². The lowest BCUT2D eigenvalue weighted by atomic mass is 10.0. The Balaban J connectivity index is 0.00000135. The molecule has 1 aromatic rings. The summed E-state index contributed by atoms with van der Waals surface area (Å²) in [5.74, 6) is -4.56. The molecule has 0 unspecified atom stereocenters. The summed E-state index contributed by atoms with van der Waals surface area (Å²) in [6.45, 7) is 7.64. The van der Waals surface area contributed by atoms with Gasteiger partial charge in [0.05, 0.1) is 12.4 Å². The van der Waals surface area contributed by atoms with E-state index in [1.165, 1.54) is 6.33 Å². The number of carbonyl (C=O) groups is 4. The Hall–Kier alpha value is -3.16. The predicted octanol–water partition coefficient (Wildman–Crippen LogP) is 1.06. The molecule has 0 aliphatic rings. The fourth-order valence-corrected chi connectivity index (χ4v) is 2.68. The summed E-state index contributed by atoms with van der Waals surface area (Å²) in [5, 5.41) is 21.6. The summed E-state index contributed by atoms with van der Waals surface area (Å²) in [4.78, 5) is 52.1. The van der Waals surface area contributed by atoms with E-state index in [9.17, 15) is 32.7 Å². The number of nitrogens with two attached hydrogens (primary N) is 1. The highest BCUT2D eigenvalue weighted by Gasteiger charge is 2.38. The van der Waals surface area contributed by atoms with Crippen molar-refractivity contribution in [3.8, 4) is 0 Å². The second-order valence-electron chi connectivity index (χ2n) is 8.41. The molecule has 7 N–H and O–H groups in total. The number of nitrogens with zero attached hydrogens (tertiary/aromatic N) is 1. The predicted molar refractivity (Wildman–Crippen MR) is 114 cm³/mol. The van der Waals surface area contributed by atoms with Crippen LogP contribution in [-0.4, -0.2) is 68.2 Å². The number of rotatable bonds is 11. The third-order valence-electron chi connectivity index (χ3n) is 4.24. The number of nitrogens with one attached hydrogen (secondary N) is 3. The van der Waals surface area contributed by atoms with E-state index in [0.29, 0.717) is 18.5 Å². The van der Waals surface area contributed by atoms with Gasteiger partial charge in [-0.1, -0.05) is 27.7 Å². The Kier molecular flexibility index (Phi) is 12.9. The van der Waals surface area contributed by atoms with Gasteiger partial charge in [-0.25, -0.2) is 14.6 Å². The summed E-state index contributed by atoms with van der Waals surface area (Å²) in [5.41, 5.74) is 6.54. The first-order chi connectivity index (χ1) is 15.5. The van der Waals surface area contributed by atoms with E-state index in [-0.39, 0.29) is 18.3 Å². The number of hydrogen-bond acceptors (Lipinski definition) is 6. The first kappa shape index (κ1) is 30.8. The second-order valence-corrected chi connectivity index (χ2v) is 8.41. The molecule has 194 valence electrons. The summed E-state index contributed by atoms with van der Waals surface area (Å²) >= 11 is 0. The largest absolute Gasteiger partial charge is 0.490 e. The Morgan fingerprint density at radius 3 is 1.88 bits per heavy atom. The first-order valence-corrected chi connectivity index (χ1v) is 10.4. The van der Waals surface area contributed by atoms with Crippen LogP contribution in [0.2, 0.25) is 0 Å². The number of carbonyl (C=O) groups excluding carboxylic acids is 2. The molecule has 0 radical (unpaired) electrons. The number of aliphatic carboxylic acids is 2. The first-order valence-electron chi connectivity index (χ1n) is 10.4. The molecule has 0 spiro atoms. The highest BCUT2D eigenvalue weighted by molar-refractivity contribution is 5.91. The molecule has 0 saturated carbocycles. The van der Waals surface area contributed by atoms with Crippen LogP contribution in [0.1, 0.15) is 46.2 Å². The van der Waals surface area contributed by atoms with E-state index in [1.807, 2.05) is 27.7 Å². The fourth-order valence-electron chi connectivity index (χ4n) is 2.68. The molecule has 0 fully saturated rings. The number of aromatic nitrogens is 2. The van der Waals surface area contributed by atoms with Crippen molar-refractivity contribution < 1.29 is 42.6 Å². The topological polar surface area (TPSA) is 187 Å². The highest BCUT2D eigenvalue weighted by Crippen LogP contribution is 2.13. The van der Waals surface area contributed by atoms with Gasteiger partial charge in [0.1, 0.15) is 12.1 Å². The van der Waals surface area contributed by atoms with E-state index in [0.717, 1.165) is 0 Å². The van der Waals surface area contributed by atoms with Gasteiger partial charge in [0.25, 0.3) is 0 Å². The van der Waals surface area contributed by atoms with Crippen LogP contribution in [-0.2, 0) is 25.6 Å². The van der Waals surface area contributed by atoms with Crippen molar-refractivity contribution in [3.63, 3.8) is 0 Å². The minimum atomic E-state index is -5.08. The number of alkyl halides is 3. The number of imidazole rings is 1. The van der Waals surface area contributed by atoms with Crippen molar-refractivity contribution in [2.24, 2.45) is 17.6 Å². The summed E-state index contributed by atoms with van der Waals surface area (Å²) in [6.07, 6.45) is -1.15. The van der Waals surface area contributed by atoms with Gasteiger partial charge < -0.3 is 31.6 Å². The number of aromatic amines is 1. The molecule has 3 atom stereocenters. The molecule has 0 aliphatic carbocycles. The van der Waals surface area contributed by atoms with Crippen molar-refractivity contribution in [2.45, 2.75) is 71.3 Å². The van der Waals surface area contributed by atoms with Crippen molar-refractivity contribution >= 4 is 23.8 Å². The highest BCUT2D eigenvalue weighted by atomic mass is 19.4. The molecular formula is C20H32F3N5O6. The molecule has 14 heteroatoms. The maximum absolute atomic E-state index is 12.7. The number of amides is 2. The minimum Gasteiger partial charge on any atom is -0.480 e. The second kappa shape index (κ2) is 14.2. The molecule has 1 aromatic heterocycles. The zero-order valence-corrected chi connectivity index (χ0v) is 19.3. The molecular weight excluding hydrogens is 463 g/mol. The van der Waals surface area contributed by atoms with E-state index < -0.39 is 48.1 Å². The summed E-state index contributed by atoms with van der Waals surface area (Å²) < 4.78 is 31.7. The standard InChI is InChI=1S/C18H31N5O4.C2HF3O2/c1-10(2)5-13(19)16(24)22-14(7-12-8-20-9-21-12)17(25)23-15(18(26)27)6-11(3)4;3-2(4,5)1(6)7/h8-11,13-15H,5-7,19H2,1-4H3,(H,20,21)(H,22,24)(H,23,25)(H,26,27);(H,6,7)/t13-,14-,15-;/m0./s1. The van der Waals surface area contributed by atoms with Crippen LogP contribution in [0.3, 0.4) is 0 Å². The van der Waals surface area contributed by atoms with Crippen LogP contribution in [0.25, 0.3) is 0 Å². The van der Waals surface area contributed by atoms with Crippen LogP contribution in [0, 0.1) is 11.8 Å². The van der Waals surface area contributed by atoms with Gasteiger partial charge in [0.2, 0.25) is 11.8 Å². The quantitative estimate of drug-likeness (QED) is 0.263. The molecule has 11 nitrogen and oxygen atoms in total. The van der Waals surface area contributed by atoms with Gasteiger partial charge in [0, 0.05) is 18.3 Å². The molecule has 0 aliphatic heterocycles. The lowest BCUT2D eigenvalue weighted by Gasteiger charge is -2.23. The van der Waals surface area contributed by atoms with Gasteiger partial charge in [0.15, 0.2) is 0 Å². The number of carboxylic acid groups (broad SMARTS) is 2. The summed E-state index contributed by atoms with van der Waals surface area (Å²) in [7, 11) is 0. The van der Waals surface area contributed by atoms with Gasteiger partial charge >= 0.3 is 18.1 Å². The Morgan fingerprint density at radius 1 is 1.00 bits per heavy atom. The van der Waals surface area contributed by atoms with Crippen molar-refractivity contribution in [3.05, 3.63) is 18.2 Å². The lowest BCUT2D eigenvalue weighted by molar-refractivity contribution is -0.192. The van der Waals surface area contributed by atoms with Gasteiger partial charge in [-0.05, 0) is 24.7 Å². The number of carboxylic acids is 2. The average molecular weight is 495 g/mol. The van der Waals surface area contributed by atoms with Crippen LogP contribution in [0.4, 0.5) is 13.2 Å². The number of hydrogen-bond donors (Lipinski definition) is 6. The maximum Gasteiger partial charge on any atom is 0.490 e. The van der Waals surface area contributed by atoms with Crippen LogP contribution in [0.15, 0.2) is 12.5 Å². The van der Waals surface area contributed by atoms with E-state index in [1.54, 1.807) is 6.20 Å². The van der Waals surface area contributed by atoms with Crippen molar-refractivity contribution in [2.75, 3.05) is 0 Å². The smallest absolute Gasteiger partial charge is 0.480 e. The molecule has 1 heterocycles. The monoisotopic (exact) mass is 495 g/mol. The minimum absolute atomic E-state index is 0.0894. The number of H-pyrrole nitrogens is 1. The van der Waals surface area contributed by atoms with Crippen molar-refractivity contribution in [1.29, 1.82) is 0 Å². The molecule has 34 heavy (non-hydrogen) atoms. The molecule has 0 bridgehead atoms. The number of halogens is 3. The van der Waals surface area contributed by atoms with E-state index in [2.05, 4.69) is 20.6 Å². The van der Waals surface area contributed by atoms with Crippen molar-refractivity contribution in [1.82, 2.24) is 20.6 Å². The van der Waals surface area contributed by atoms with Gasteiger partial charge in [-0.3, -0.25) is 9.59 Å². The lowest BCUT2D eigenvalue weighted by Crippen LogP contribution is -2.55. The molecule has 1 rings (SSSR count). The molecule has 0 aromatic carbocycles. The van der Waals surface area contributed by atoms with E-state index >= 15 is 0 Å². The zero-order valence-electron chi connectivity index (χ0n) is 19.3. The van der Waals surface area contributed by atoms with Crippen LogP contribution >= 0.6 is 0 Å². The normalized spacial score (nSPS) is 13.9. The Morgan fingerprint density at radius 2 is 1.50 bits per heavy atom. The Bertz CT molecular complexity index is 799. The molecule has 0 saturated heterocycles. The summed E-state index contributed by atoms with van der Waals surface area (Å²) in [6, 6.07) is -2.72. The SMILES string of the molecule is CC(C)C[C@H](NC(=O)[C@H](Cc1cnc[nH]1)NC(=O)[C@@H](N)CC(C)C)C(=O)O.O=C(O)C(F)(F)F. The third-order valence-corrected chi connectivity index (χ3v) is 4.24. The maximum atomic E-state index is 12.7.